The van der Waals surface area contributed by atoms with Gasteiger partial charge in [-0.2, -0.15) is 0 Å². The summed E-state index contributed by atoms with van der Waals surface area (Å²) in [7, 11) is 0. The molecule has 2 atom stereocenters. The summed E-state index contributed by atoms with van der Waals surface area (Å²) in [6.45, 7) is 4.44. The van der Waals surface area contributed by atoms with Gasteiger partial charge in [-0.25, -0.2) is 0 Å². The largest absolute Gasteiger partial charge is 0.370 e. The molecule has 0 aromatic carbocycles. The van der Waals surface area contributed by atoms with Crippen molar-refractivity contribution in [3.8, 4) is 0 Å². The Balaban J connectivity index is 2.39. The minimum Gasteiger partial charge on any atom is -0.370 e. The molecule has 1 aliphatic rings. The standard InChI is InChI=1S/C7H12O2/c1-5-3-7(6(2)8)9-4-5/h5,7H,3-4H2,1-2H3/t5-,7-/m0/s1. The van der Waals surface area contributed by atoms with E-state index in [2.05, 4.69) is 6.92 Å². The van der Waals surface area contributed by atoms with Crippen LogP contribution in [0, 0.1) is 5.92 Å². The van der Waals surface area contributed by atoms with Gasteiger partial charge in [-0.1, -0.05) is 6.92 Å². The smallest absolute Gasteiger partial charge is 0.158 e. The van der Waals surface area contributed by atoms with Gasteiger partial charge in [0.05, 0.1) is 6.61 Å². The maximum absolute atomic E-state index is 10.7. The highest BCUT2D eigenvalue weighted by molar-refractivity contribution is 5.80. The lowest BCUT2D eigenvalue weighted by molar-refractivity contribution is -0.125. The van der Waals surface area contributed by atoms with Crippen LogP contribution in [0.1, 0.15) is 20.3 Å². The summed E-state index contributed by atoms with van der Waals surface area (Å²) >= 11 is 0. The topological polar surface area (TPSA) is 26.3 Å². The second kappa shape index (κ2) is 2.48. The number of carbonyl (C=O) groups is 1. The Kier molecular flexibility index (Phi) is 1.86. The molecule has 1 rings (SSSR count). The lowest BCUT2D eigenvalue weighted by atomic mass is 10.1. The third-order valence-corrected chi connectivity index (χ3v) is 1.65. The van der Waals surface area contributed by atoms with Gasteiger partial charge in [-0.15, -0.1) is 0 Å². The van der Waals surface area contributed by atoms with Crippen LogP contribution in [-0.2, 0) is 9.53 Å². The number of ether oxygens (including phenoxy) is 1. The van der Waals surface area contributed by atoms with E-state index in [1.807, 2.05) is 0 Å². The summed E-state index contributed by atoms with van der Waals surface area (Å²) in [5.41, 5.74) is 0. The molecule has 9 heavy (non-hydrogen) atoms. The van der Waals surface area contributed by atoms with E-state index < -0.39 is 0 Å². The maximum Gasteiger partial charge on any atom is 0.158 e. The van der Waals surface area contributed by atoms with Gasteiger partial charge in [-0.05, 0) is 19.3 Å². The van der Waals surface area contributed by atoms with Crippen molar-refractivity contribution in [2.45, 2.75) is 26.4 Å². The maximum atomic E-state index is 10.7. The summed E-state index contributed by atoms with van der Waals surface area (Å²) in [5.74, 6) is 0.734. The molecule has 1 fully saturated rings. The predicted octanol–water partition coefficient (Wildman–Crippen LogP) is 1.00. The van der Waals surface area contributed by atoms with Crippen molar-refractivity contribution in [3.63, 3.8) is 0 Å². The van der Waals surface area contributed by atoms with E-state index >= 15 is 0 Å². The van der Waals surface area contributed by atoms with E-state index in [4.69, 9.17) is 4.74 Å². The highest BCUT2D eigenvalue weighted by atomic mass is 16.5. The van der Waals surface area contributed by atoms with Gasteiger partial charge in [0.1, 0.15) is 6.10 Å². The van der Waals surface area contributed by atoms with Gasteiger partial charge in [0.2, 0.25) is 0 Å². The molecule has 1 saturated heterocycles. The Morgan fingerprint density at radius 2 is 2.33 bits per heavy atom. The Labute approximate surface area is 55.2 Å². The van der Waals surface area contributed by atoms with E-state index in [0.717, 1.165) is 13.0 Å². The van der Waals surface area contributed by atoms with Gasteiger partial charge in [-0.3, -0.25) is 4.79 Å². The number of rotatable bonds is 1. The molecule has 2 heteroatoms. The first-order valence-electron chi connectivity index (χ1n) is 3.32. The Hall–Kier alpha value is -0.370. The number of hydrogen-bond donors (Lipinski definition) is 0. The molecule has 0 aliphatic carbocycles. The van der Waals surface area contributed by atoms with E-state index in [-0.39, 0.29) is 11.9 Å². The van der Waals surface area contributed by atoms with Crippen molar-refractivity contribution >= 4 is 5.78 Å². The molecule has 0 unspecified atom stereocenters. The van der Waals surface area contributed by atoms with Crippen LogP contribution in [0.2, 0.25) is 0 Å². The quantitative estimate of drug-likeness (QED) is 0.526. The fourth-order valence-electron chi connectivity index (χ4n) is 1.07. The zero-order chi connectivity index (χ0) is 6.85. The van der Waals surface area contributed by atoms with Crippen molar-refractivity contribution in [1.29, 1.82) is 0 Å². The molecule has 0 spiro atoms. The Bertz CT molecular complexity index is 120. The van der Waals surface area contributed by atoms with Crippen molar-refractivity contribution in [1.82, 2.24) is 0 Å². The van der Waals surface area contributed by atoms with Gasteiger partial charge >= 0.3 is 0 Å². The summed E-state index contributed by atoms with van der Waals surface area (Å²) in [6, 6.07) is 0. The minimum atomic E-state index is -0.0972. The van der Waals surface area contributed by atoms with Crippen LogP contribution in [-0.4, -0.2) is 18.5 Å². The molecule has 0 N–H and O–H groups in total. The first kappa shape index (κ1) is 6.75. The number of ketones is 1. The fraction of sp³-hybridized carbons (Fsp3) is 0.857. The highest BCUT2D eigenvalue weighted by Gasteiger charge is 2.24. The molecule has 1 aliphatic heterocycles. The SMILES string of the molecule is CC(=O)[C@@H]1C[C@H](C)CO1. The van der Waals surface area contributed by atoms with Crippen molar-refractivity contribution in [2.75, 3.05) is 6.61 Å². The predicted molar refractivity (Wildman–Crippen MR) is 34.2 cm³/mol. The van der Waals surface area contributed by atoms with Crippen LogP contribution in [0.3, 0.4) is 0 Å². The molecule has 0 radical (unpaired) electrons. The van der Waals surface area contributed by atoms with Crippen LogP contribution in [0.15, 0.2) is 0 Å². The molecule has 0 aromatic rings. The normalized spacial score (nSPS) is 34.9. The molecule has 0 bridgehead atoms. The van der Waals surface area contributed by atoms with Gasteiger partial charge in [0.25, 0.3) is 0 Å². The lowest BCUT2D eigenvalue weighted by Crippen LogP contribution is -2.15. The average molecular weight is 128 g/mol. The fourth-order valence-corrected chi connectivity index (χ4v) is 1.07. The zero-order valence-electron chi connectivity index (χ0n) is 5.89. The average Bonchev–Trinajstić information content (AvgIpc) is 2.14. The van der Waals surface area contributed by atoms with Crippen molar-refractivity contribution < 1.29 is 9.53 Å². The summed E-state index contributed by atoms with van der Waals surface area (Å²) in [5, 5.41) is 0. The third-order valence-electron chi connectivity index (χ3n) is 1.65. The van der Waals surface area contributed by atoms with E-state index in [1.165, 1.54) is 0 Å². The van der Waals surface area contributed by atoms with Gasteiger partial charge in [0, 0.05) is 0 Å². The molecule has 1 heterocycles. The monoisotopic (exact) mass is 128 g/mol. The molecular weight excluding hydrogens is 116 g/mol. The van der Waals surface area contributed by atoms with Crippen LogP contribution in [0.4, 0.5) is 0 Å². The van der Waals surface area contributed by atoms with Crippen molar-refractivity contribution in [3.05, 3.63) is 0 Å². The zero-order valence-corrected chi connectivity index (χ0v) is 5.89. The van der Waals surface area contributed by atoms with Crippen LogP contribution >= 0.6 is 0 Å². The van der Waals surface area contributed by atoms with Gasteiger partial charge in [0.15, 0.2) is 5.78 Å². The van der Waals surface area contributed by atoms with Crippen LogP contribution in [0.25, 0.3) is 0 Å². The molecule has 52 valence electrons. The first-order chi connectivity index (χ1) is 4.20. The Morgan fingerprint density at radius 1 is 1.67 bits per heavy atom. The number of Topliss-reactive ketones (excluding diaryl/α,β-unsaturated/α-hetero) is 1. The lowest BCUT2D eigenvalue weighted by Gasteiger charge is -2.01. The summed E-state index contributed by atoms with van der Waals surface area (Å²) < 4.78 is 5.18. The van der Waals surface area contributed by atoms with Gasteiger partial charge < -0.3 is 4.74 Å². The minimum absolute atomic E-state index is 0.0972. The second-order valence-electron chi connectivity index (χ2n) is 2.77. The first-order valence-corrected chi connectivity index (χ1v) is 3.32. The second-order valence-corrected chi connectivity index (χ2v) is 2.77. The van der Waals surface area contributed by atoms with Crippen molar-refractivity contribution in [2.24, 2.45) is 5.92 Å². The molecular formula is C7H12O2. The molecule has 0 amide bonds. The number of hydrogen-bond acceptors (Lipinski definition) is 2. The van der Waals surface area contributed by atoms with E-state index in [1.54, 1.807) is 6.92 Å². The molecule has 0 aromatic heterocycles. The third kappa shape index (κ3) is 1.52. The van der Waals surface area contributed by atoms with E-state index in [9.17, 15) is 4.79 Å². The van der Waals surface area contributed by atoms with Crippen LogP contribution < -0.4 is 0 Å². The summed E-state index contributed by atoms with van der Waals surface area (Å²) in [6.07, 6.45) is 0.815. The van der Waals surface area contributed by atoms with Crippen LogP contribution in [0.5, 0.6) is 0 Å². The molecule has 2 nitrogen and oxygen atoms in total. The van der Waals surface area contributed by atoms with E-state index in [0.29, 0.717) is 5.92 Å². The summed E-state index contributed by atoms with van der Waals surface area (Å²) in [4.78, 5) is 10.7. The highest BCUT2D eigenvalue weighted by Crippen LogP contribution is 2.18. The number of carbonyl (C=O) groups excluding carboxylic acids is 1. The Morgan fingerprint density at radius 3 is 2.56 bits per heavy atom. The molecule has 0 saturated carbocycles.